The predicted molar refractivity (Wildman–Crippen MR) is 62.4 cm³/mol. The van der Waals surface area contributed by atoms with Crippen LogP contribution < -0.4 is 5.48 Å². The van der Waals surface area contributed by atoms with E-state index in [0.717, 1.165) is 32.8 Å². The minimum atomic E-state index is 0.430. The first kappa shape index (κ1) is 12.4. The summed E-state index contributed by atoms with van der Waals surface area (Å²) in [6.45, 7) is 6.80. The molecule has 0 saturated carbocycles. The van der Waals surface area contributed by atoms with Crippen LogP contribution in [0.4, 0.5) is 0 Å². The van der Waals surface area contributed by atoms with Crippen LogP contribution in [0, 0.1) is 11.8 Å². The van der Waals surface area contributed by atoms with Gasteiger partial charge >= 0.3 is 0 Å². The van der Waals surface area contributed by atoms with E-state index < -0.39 is 0 Å². The van der Waals surface area contributed by atoms with Gasteiger partial charge in [-0.05, 0) is 25.1 Å². The summed E-state index contributed by atoms with van der Waals surface area (Å²) < 4.78 is 5.24. The van der Waals surface area contributed by atoms with E-state index in [4.69, 9.17) is 21.8 Å². The van der Waals surface area contributed by atoms with Gasteiger partial charge in [0.1, 0.15) is 0 Å². The van der Waals surface area contributed by atoms with Crippen molar-refractivity contribution >= 4 is 17.2 Å². The number of morpholine rings is 1. The first-order valence-electron chi connectivity index (χ1n) is 4.97. The fourth-order valence-electron chi connectivity index (χ4n) is 1.26. The molecule has 15 heavy (non-hydrogen) atoms. The van der Waals surface area contributed by atoms with Gasteiger partial charge in [0.2, 0.25) is 0 Å². The minimum Gasteiger partial charge on any atom is -0.379 e. The molecule has 0 bridgehead atoms. The first-order valence-corrected chi connectivity index (χ1v) is 5.38. The third kappa shape index (κ3) is 5.70. The van der Waals surface area contributed by atoms with E-state index in [1.807, 2.05) is 0 Å². The molecule has 1 rings (SSSR count). The van der Waals surface area contributed by atoms with Crippen LogP contribution in [0.5, 0.6) is 0 Å². The number of rotatable bonds is 4. The number of hydrogen-bond acceptors (Lipinski definition) is 4. The molecule has 0 unspecified atom stereocenters. The van der Waals surface area contributed by atoms with Gasteiger partial charge in [-0.2, -0.15) is 0 Å². The Morgan fingerprint density at radius 3 is 2.93 bits per heavy atom. The zero-order valence-electron chi connectivity index (χ0n) is 8.91. The number of nitrogens with zero attached hydrogens (tertiary/aromatic N) is 1. The highest BCUT2D eigenvalue weighted by molar-refractivity contribution is 7.80. The second-order valence-corrected chi connectivity index (χ2v) is 3.52. The highest BCUT2D eigenvalue weighted by Gasteiger charge is 2.09. The lowest BCUT2D eigenvalue weighted by Crippen LogP contribution is -2.39. The summed E-state index contributed by atoms with van der Waals surface area (Å²) in [5, 5.41) is 0. The topological polar surface area (TPSA) is 33.7 Å². The summed E-state index contributed by atoms with van der Waals surface area (Å²) in [7, 11) is 0. The molecule has 0 aromatic rings. The number of nitrogens with one attached hydrogen (secondary N) is 1. The second kappa shape index (κ2) is 7.60. The van der Waals surface area contributed by atoms with Gasteiger partial charge in [-0.1, -0.05) is 5.92 Å². The Labute approximate surface area is 95.9 Å². The van der Waals surface area contributed by atoms with Crippen LogP contribution in [0.1, 0.15) is 6.92 Å². The minimum absolute atomic E-state index is 0.430. The fraction of sp³-hybridized carbons (Fsp3) is 0.700. The summed E-state index contributed by atoms with van der Waals surface area (Å²) >= 11 is 4.88. The van der Waals surface area contributed by atoms with Crippen molar-refractivity contribution in [2.45, 2.75) is 6.92 Å². The molecule has 0 radical (unpaired) electrons. The van der Waals surface area contributed by atoms with Crippen molar-refractivity contribution in [3.63, 3.8) is 0 Å². The SMILES string of the molecule is CC#CC(=S)NOCCN1CCOCC1. The van der Waals surface area contributed by atoms with Gasteiger partial charge in [-0.15, -0.1) is 0 Å². The molecule has 1 aliphatic heterocycles. The molecule has 1 fully saturated rings. The van der Waals surface area contributed by atoms with Crippen LogP contribution in [0.15, 0.2) is 0 Å². The monoisotopic (exact) mass is 228 g/mol. The smallest absolute Gasteiger partial charge is 0.174 e. The number of ether oxygens (including phenoxy) is 1. The van der Waals surface area contributed by atoms with Crippen molar-refractivity contribution in [2.24, 2.45) is 0 Å². The van der Waals surface area contributed by atoms with E-state index in [9.17, 15) is 0 Å². The standard InChI is InChI=1S/C10H16N2O2S/c1-2-3-10(15)11-14-9-6-12-4-7-13-8-5-12/h4-9H2,1H3,(H,11,15). The van der Waals surface area contributed by atoms with Gasteiger partial charge in [-0.3, -0.25) is 9.74 Å². The highest BCUT2D eigenvalue weighted by atomic mass is 32.1. The maximum absolute atomic E-state index is 5.24. The van der Waals surface area contributed by atoms with Crippen molar-refractivity contribution in [3.05, 3.63) is 0 Å². The summed E-state index contributed by atoms with van der Waals surface area (Å²) in [4.78, 5) is 7.90. The van der Waals surface area contributed by atoms with E-state index in [2.05, 4.69) is 22.2 Å². The molecular weight excluding hydrogens is 212 g/mol. The summed E-state index contributed by atoms with van der Waals surface area (Å²) in [6, 6.07) is 0. The van der Waals surface area contributed by atoms with Crippen LogP contribution in [-0.4, -0.2) is 49.3 Å². The molecule has 4 nitrogen and oxygen atoms in total. The Morgan fingerprint density at radius 1 is 1.53 bits per heavy atom. The normalized spacial score (nSPS) is 16.6. The lowest BCUT2D eigenvalue weighted by Gasteiger charge is -2.26. The second-order valence-electron chi connectivity index (χ2n) is 3.11. The number of hydroxylamine groups is 1. The molecular formula is C10H16N2O2S. The molecule has 1 heterocycles. The van der Waals surface area contributed by atoms with E-state index in [0.29, 0.717) is 11.6 Å². The maximum Gasteiger partial charge on any atom is 0.174 e. The molecule has 84 valence electrons. The van der Waals surface area contributed by atoms with Crippen LogP contribution in [0.3, 0.4) is 0 Å². The van der Waals surface area contributed by atoms with E-state index in [1.54, 1.807) is 6.92 Å². The van der Waals surface area contributed by atoms with Gasteiger partial charge in [0, 0.05) is 19.6 Å². The largest absolute Gasteiger partial charge is 0.379 e. The van der Waals surface area contributed by atoms with Crippen LogP contribution >= 0.6 is 12.2 Å². The molecule has 1 saturated heterocycles. The van der Waals surface area contributed by atoms with Crippen molar-refractivity contribution in [1.82, 2.24) is 10.4 Å². The summed E-state index contributed by atoms with van der Waals surface area (Å²) in [5.41, 5.74) is 2.62. The summed E-state index contributed by atoms with van der Waals surface area (Å²) in [6.07, 6.45) is 0. The molecule has 0 aliphatic carbocycles. The molecule has 5 heteroatoms. The third-order valence-electron chi connectivity index (χ3n) is 2.02. The Bertz CT molecular complexity index is 254. The van der Waals surface area contributed by atoms with E-state index >= 15 is 0 Å². The molecule has 0 amide bonds. The lowest BCUT2D eigenvalue weighted by molar-refractivity contribution is 0.0110. The van der Waals surface area contributed by atoms with Crippen LogP contribution in [0.2, 0.25) is 0 Å². The van der Waals surface area contributed by atoms with Crippen molar-refractivity contribution in [3.8, 4) is 11.8 Å². The predicted octanol–water partition coefficient (Wildman–Crippen LogP) is 0.190. The van der Waals surface area contributed by atoms with E-state index in [1.165, 1.54) is 0 Å². The van der Waals surface area contributed by atoms with Crippen molar-refractivity contribution in [2.75, 3.05) is 39.5 Å². The molecule has 0 atom stereocenters. The van der Waals surface area contributed by atoms with Gasteiger partial charge in [0.25, 0.3) is 0 Å². The van der Waals surface area contributed by atoms with Crippen molar-refractivity contribution < 1.29 is 9.57 Å². The van der Waals surface area contributed by atoms with E-state index in [-0.39, 0.29) is 0 Å². The van der Waals surface area contributed by atoms with Gasteiger partial charge in [0.15, 0.2) is 4.99 Å². The Hall–Kier alpha value is -0.670. The van der Waals surface area contributed by atoms with Crippen LogP contribution in [0.25, 0.3) is 0 Å². The van der Waals surface area contributed by atoms with Gasteiger partial charge in [-0.25, -0.2) is 5.48 Å². The van der Waals surface area contributed by atoms with Gasteiger partial charge in [0.05, 0.1) is 19.8 Å². The fourth-order valence-corrected chi connectivity index (χ4v) is 1.42. The Balaban J connectivity index is 2.00. The zero-order chi connectivity index (χ0) is 10.9. The highest BCUT2D eigenvalue weighted by Crippen LogP contribution is 1.95. The van der Waals surface area contributed by atoms with Crippen molar-refractivity contribution in [1.29, 1.82) is 0 Å². The molecule has 0 aromatic heterocycles. The average Bonchev–Trinajstić information content (AvgIpc) is 2.26. The van der Waals surface area contributed by atoms with Gasteiger partial charge < -0.3 is 4.74 Å². The average molecular weight is 228 g/mol. The van der Waals surface area contributed by atoms with Crippen LogP contribution in [-0.2, 0) is 9.57 Å². The molecule has 0 aromatic carbocycles. The zero-order valence-corrected chi connectivity index (χ0v) is 9.73. The number of hydrogen-bond donors (Lipinski definition) is 1. The first-order chi connectivity index (χ1) is 7.33. The Morgan fingerprint density at radius 2 is 2.27 bits per heavy atom. The molecule has 1 N–H and O–H groups in total. The Kier molecular flexibility index (Phi) is 6.28. The molecule has 0 spiro atoms. The lowest BCUT2D eigenvalue weighted by atomic mass is 10.4. The number of thiocarbonyl (C=S) groups is 1. The third-order valence-corrected chi connectivity index (χ3v) is 2.20. The molecule has 1 aliphatic rings. The summed E-state index contributed by atoms with van der Waals surface area (Å²) in [5.74, 6) is 5.39. The maximum atomic E-state index is 5.24. The quantitative estimate of drug-likeness (QED) is 0.321.